The molecule has 0 radical (unpaired) electrons. The minimum Gasteiger partial charge on any atom is -0.506 e. The van der Waals surface area contributed by atoms with Crippen LogP contribution in [0.3, 0.4) is 0 Å². The first kappa shape index (κ1) is 44.6. The minimum absolute atomic E-state index is 0.111. The number of fused-ring (bicyclic) bond motifs is 2. The Hall–Kier alpha value is -7.01. The van der Waals surface area contributed by atoms with E-state index in [9.17, 15) is 22.7 Å². The van der Waals surface area contributed by atoms with E-state index >= 15 is 0 Å². The minimum atomic E-state index is -0.740. The van der Waals surface area contributed by atoms with Crippen LogP contribution in [-0.2, 0) is 9.47 Å². The van der Waals surface area contributed by atoms with Crippen molar-refractivity contribution in [1.29, 1.82) is 0 Å². The van der Waals surface area contributed by atoms with Crippen LogP contribution in [-0.4, -0.2) is 87.6 Å². The first-order valence-corrected chi connectivity index (χ1v) is 20.9. The van der Waals surface area contributed by atoms with E-state index in [1.54, 1.807) is 75.2 Å². The van der Waals surface area contributed by atoms with Crippen molar-refractivity contribution in [2.24, 2.45) is 0 Å². The first-order valence-electron chi connectivity index (χ1n) is 20.5. The maximum Gasteiger partial charge on any atom is 0.147 e. The lowest BCUT2D eigenvalue weighted by Gasteiger charge is -2.28. The fourth-order valence-electron chi connectivity index (χ4n) is 7.35. The van der Waals surface area contributed by atoms with Crippen LogP contribution in [0.5, 0.6) is 17.2 Å². The van der Waals surface area contributed by atoms with Crippen LogP contribution in [0.25, 0.3) is 44.6 Å². The zero-order valence-electron chi connectivity index (χ0n) is 35.2. The van der Waals surface area contributed by atoms with Crippen LogP contribution in [0, 0.1) is 37.1 Å². The van der Waals surface area contributed by atoms with Crippen LogP contribution < -0.4 is 14.5 Å². The molecule has 2 saturated heterocycles. The van der Waals surface area contributed by atoms with Crippen molar-refractivity contribution in [3.05, 3.63) is 149 Å². The van der Waals surface area contributed by atoms with Gasteiger partial charge in [-0.05, 0) is 43.7 Å². The summed E-state index contributed by atoms with van der Waals surface area (Å²) in [5.74, 6) is -1.93. The highest BCUT2D eigenvalue weighted by Gasteiger charge is 2.22. The Labute approximate surface area is 376 Å². The molecule has 0 atom stereocenters. The van der Waals surface area contributed by atoms with E-state index in [0.717, 1.165) is 69.0 Å². The summed E-state index contributed by atoms with van der Waals surface area (Å²) < 4.78 is 72.9. The second-order valence-corrected chi connectivity index (χ2v) is 15.3. The molecule has 2 aliphatic rings. The zero-order chi connectivity index (χ0) is 45.5. The van der Waals surface area contributed by atoms with Crippen molar-refractivity contribution in [3.8, 4) is 40.0 Å². The van der Waals surface area contributed by atoms with Crippen LogP contribution in [0.15, 0.2) is 110 Å². The number of anilines is 2. The Morgan fingerprint density at radius 1 is 0.615 bits per heavy atom. The van der Waals surface area contributed by atoms with Gasteiger partial charge in [-0.2, -0.15) is 0 Å². The molecule has 17 heteroatoms. The van der Waals surface area contributed by atoms with Gasteiger partial charge in [-0.15, -0.1) is 0 Å². The molecule has 1 N–H and O–H groups in total. The highest BCUT2D eigenvalue weighted by Crippen LogP contribution is 2.40. The molecule has 2 fully saturated rings. The number of aromatic hydroxyl groups is 1. The van der Waals surface area contributed by atoms with Gasteiger partial charge in [0.15, 0.2) is 0 Å². The molecule has 8 aromatic rings. The van der Waals surface area contributed by atoms with Gasteiger partial charge in [0.25, 0.3) is 0 Å². The molecule has 8 heterocycles. The number of ether oxygens (including phenoxy) is 3. The maximum atomic E-state index is 14.9. The smallest absolute Gasteiger partial charge is 0.147 e. The van der Waals surface area contributed by atoms with Gasteiger partial charge < -0.3 is 29.1 Å². The number of halogens is 5. The number of rotatable bonds is 6. The standard InChI is InChI=1S/C24H20F2N4O2.C15H9ClF2N2.C9H12N2O2/c1-15-23(20-4-2-3-5-28-20)29-21-11-16(25)10-19(26)22(21)24(15)32-18-12-17(13-27-14-18)30-6-8-31-9-7-30;1-8-14(16)13-10(18)6-9(17)7-12(13)20-15(8)11-4-2-3-5-19-11;12-9-5-8(6-10-7-9)11-1-3-13-4-2-11/h2-5,10-14H,6-9H2,1H3;2-7H,1H3;5-7,12H,1-4H2. The molecule has 0 amide bonds. The van der Waals surface area contributed by atoms with Crippen LogP contribution in [0.4, 0.5) is 28.9 Å². The van der Waals surface area contributed by atoms with Gasteiger partial charge in [0, 0.05) is 80.5 Å². The number of hydrogen-bond acceptors (Lipinski definition) is 12. The Morgan fingerprint density at radius 2 is 1.12 bits per heavy atom. The number of morpholine rings is 2. The molecule has 2 aromatic carbocycles. The van der Waals surface area contributed by atoms with Crippen molar-refractivity contribution < 1.29 is 36.9 Å². The predicted octanol–water partition coefficient (Wildman–Crippen LogP) is 10.1. The van der Waals surface area contributed by atoms with Gasteiger partial charge in [-0.1, -0.05) is 23.7 Å². The fourth-order valence-corrected chi connectivity index (χ4v) is 7.63. The Bertz CT molecular complexity index is 2950. The van der Waals surface area contributed by atoms with Crippen molar-refractivity contribution in [2.45, 2.75) is 13.8 Å². The second-order valence-electron chi connectivity index (χ2n) is 14.9. The van der Waals surface area contributed by atoms with Crippen molar-refractivity contribution in [3.63, 3.8) is 0 Å². The number of aromatic nitrogens is 6. The quantitative estimate of drug-likeness (QED) is 0.159. The predicted molar refractivity (Wildman–Crippen MR) is 241 cm³/mol. The Balaban J connectivity index is 0.000000148. The summed E-state index contributed by atoms with van der Waals surface area (Å²) in [6.07, 6.45) is 9.78. The molecule has 2 aliphatic heterocycles. The van der Waals surface area contributed by atoms with Crippen LogP contribution in [0.2, 0.25) is 5.02 Å². The summed E-state index contributed by atoms with van der Waals surface area (Å²) in [7, 11) is 0. The van der Waals surface area contributed by atoms with E-state index < -0.39 is 23.3 Å². The number of hydrogen-bond donors (Lipinski definition) is 1. The fraction of sp³-hybridized carbons (Fsp3) is 0.208. The second kappa shape index (κ2) is 20.2. The summed E-state index contributed by atoms with van der Waals surface area (Å²) in [6.45, 7) is 9.53. The lowest BCUT2D eigenvalue weighted by molar-refractivity contribution is 0.122. The molecule has 0 aliphatic carbocycles. The Morgan fingerprint density at radius 3 is 1.66 bits per heavy atom. The summed E-state index contributed by atoms with van der Waals surface area (Å²) in [5, 5.41) is 9.69. The summed E-state index contributed by atoms with van der Waals surface area (Å²) in [4.78, 5) is 29.9. The van der Waals surface area contributed by atoms with E-state index in [0.29, 0.717) is 52.9 Å². The van der Waals surface area contributed by atoms with Crippen LogP contribution in [0.1, 0.15) is 11.1 Å². The summed E-state index contributed by atoms with van der Waals surface area (Å²) in [5.41, 5.74) is 5.60. The third-order valence-corrected chi connectivity index (χ3v) is 11.0. The largest absolute Gasteiger partial charge is 0.506 e. The van der Waals surface area contributed by atoms with E-state index in [-0.39, 0.29) is 38.3 Å². The summed E-state index contributed by atoms with van der Waals surface area (Å²) >= 11 is 6.21. The summed E-state index contributed by atoms with van der Waals surface area (Å²) in [6, 6.07) is 18.3. The Kier molecular flexibility index (Phi) is 13.9. The van der Waals surface area contributed by atoms with Gasteiger partial charge in [0.1, 0.15) is 40.5 Å². The highest BCUT2D eigenvalue weighted by molar-refractivity contribution is 6.36. The average Bonchev–Trinajstić information content (AvgIpc) is 3.32. The molecular formula is C48H41ClF4N8O4. The van der Waals surface area contributed by atoms with Gasteiger partial charge in [0.2, 0.25) is 0 Å². The number of benzene rings is 2. The molecule has 332 valence electrons. The van der Waals surface area contributed by atoms with E-state index in [2.05, 4.69) is 39.7 Å². The molecule has 12 nitrogen and oxygen atoms in total. The van der Waals surface area contributed by atoms with E-state index in [4.69, 9.17) is 25.8 Å². The van der Waals surface area contributed by atoms with Gasteiger partial charge in [0.05, 0.1) is 112 Å². The molecule has 0 unspecified atom stereocenters. The van der Waals surface area contributed by atoms with E-state index in [1.165, 1.54) is 12.3 Å². The molecule has 65 heavy (non-hydrogen) atoms. The van der Waals surface area contributed by atoms with Crippen LogP contribution >= 0.6 is 11.6 Å². The van der Waals surface area contributed by atoms with Crippen molar-refractivity contribution in [1.82, 2.24) is 29.9 Å². The average molecular weight is 905 g/mol. The normalized spacial score (nSPS) is 13.8. The molecule has 10 rings (SSSR count). The molecule has 0 bridgehead atoms. The van der Waals surface area contributed by atoms with Gasteiger partial charge >= 0.3 is 0 Å². The zero-order valence-corrected chi connectivity index (χ0v) is 35.9. The lowest BCUT2D eigenvalue weighted by atomic mass is 10.1. The van der Waals surface area contributed by atoms with Gasteiger partial charge in [-0.3, -0.25) is 19.9 Å². The number of pyridine rings is 6. The van der Waals surface area contributed by atoms with E-state index in [1.807, 2.05) is 18.2 Å². The molecular weight excluding hydrogens is 864 g/mol. The van der Waals surface area contributed by atoms with Gasteiger partial charge in [-0.25, -0.2) is 27.5 Å². The molecule has 0 spiro atoms. The molecule has 6 aromatic heterocycles. The molecule has 0 saturated carbocycles. The lowest BCUT2D eigenvalue weighted by Crippen LogP contribution is -2.36. The third-order valence-electron chi connectivity index (χ3n) is 10.6. The van der Waals surface area contributed by atoms with Crippen molar-refractivity contribution in [2.75, 3.05) is 62.4 Å². The maximum absolute atomic E-state index is 14.9. The first-order chi connectivity index (χ1) is 31.5. The topological polar surface area (TPSA) is 132 Å². The van der Waals surface area contributed by atoms with Crippen molar-refractivity contribution >= 4 is 44.8 Å². The number of nitrogens with zero attached hydrogens (tertiary/aromatic N) is 8. The highest BCUT2D eigenvalue weighted by atomic mass is 35.5. The monoisotopic (exact) mass is 904 g/mol. The third kappa shape index (κ3) is 10.4. The SMILES string of the molecule is Cc1c(-c2ccccn2)nc2cc(F)cc(F)c2c1Cl.Cc1c(-c2ccccn2)nc2cc(F)cc(F)c2c1Oc1cncc(N2CCOCC2)c1.Oc1cncc(N2CCOCC2)c1.